The quantitative estimate of drug-likeness (QED) is 0.863. The van der Waals surface area contributed by atoms with Gasteiger partial charge in [0.15, 0.2) is 0 Å². The van der Waals surface area contributed by atoms with Crippen molar-refractivity contribution in [1.29, 1.82) is 0 Å². The molecule has 2 rings (SSSR count). The molecule has 2 amide bonds. The molecule has 126 valence electrons. The van der Waals surface area contributed by atoms with E-state index in [9.17, 15) is 14.7 Å². The second-order valence-electron chi connectivity index (χ2n) is 6.26. The molecule has 2 N–H and O–H groups in total. The number of carbonyl (C=O) groups excluding carboxylic acids is 1. The summed E-state index contributed by atoms with van der Waals surface area (Å²) in [6, 6.07) is 5.04. The number of carboxylic acids is 1. The van der Waals surface area contributed by atoms with Crippen molar-refractivity contribution in [3.05, 3.63) is 33.8 Å². The summed E-state index contributed by atoms with van der Waals surface area (Å²) in [5, 5.41) is 13.2. The zero-order valence-corrected chi connectivity index (χ0v) is 14.6. The van der Waals surface area contributed by atoms with Crippen LogP contribution < -0.4 is 5.32 Å². The Hall–Kier alpha value is -1.46. The number of carbonyl (C=O) groups is 2. The summed E-state index contributed by atoms with van der Waals surface area (Å²) in [6.45, 7) is 4.63. The molecule has 1 aliphatic rings. The van der Waals surface area contributed by atoms with Gasteiger partial charge < -0.3 is 15.3 Å². The van der Waals surface area contributed by atoms with Crippen molar-refractivity contribution in [2.75, 3.05) is 19.6 Å². The minimum atomic E-state index is -0.871. The van der Waals surface area contributed by atoms with Gasteiger partial charge in [0.05, 0.1) is 5.41 Å². The van der Waals surface area contributed by atoms with Crippen LogP contribution in [0, 0.1) is 5.41 Å². The number of rotatable bonds is 4. The Kier molecular flexibility index (Phi) is 5.42. The number of halogens is 2. The zero-order valence-electron chi connectivity index (χ0n) is 13.1. The van der Waals surface area contributed by atoms with Crippen molar-refractivity contribution < 1.29 is 14.7 Å². The van der Waals surface area contributed by atoms with Crippen LogP contribution >= 0.6 is 23.2 Å². The standard InChI is InChI=1S/C16H20Cl2N2O3/c1-10(13-11(17)4-3-5-12(13)18)8-19-15(23)20-7-6-16(2,9-20)14(21)22/h3-5,10H,6-9H2,1-2H3,(H,19,23)(H,21,22). The van der Waals surface area contributed by atoms with Crippen LogP contribution in [0.2, 0.25) is 10.0 Å². The first-order valence-corrected chi connectivity index (χ1v) is 8.20. The number of urea groups is 1. The predicted octanol–water partition coefficient (Wildman–Crippen LogP) is 3.60. The maximum atomic E-state index is 12.2. The van der Waals surface area contributed by atoms with Crippen molar-refractivity contribution in [2.45, 2.75) is 26.2 Å². The minimum Gasteiger partial charge on any atom is -0.481 e. The molecular formula is C16H20Cl2N2O3. The third-order valence-corrected chi connectivity index (χ3v) is 4.99. The molecule has 1 fully saturated rings. The summed E-state index contributed by atoms with van der Waals surface area (Å²) < 4.78 is 0. The van der Waals surface area contributed by atoms with Crippen LogP contribution in [-0.4, -0.2) is 41.6 Å². The molecular weight excluding hydrogens is 339 g/mol. The average molecular weight is 359 g/mol. The summed E-state index contributed by atoms with van der Waals surface area (Å²) in [4.78, 5) is 25.0. The van der Waals surface area contributed by atoms with Crippen LogP contribution in [-0.2, 0) is 4.79 Å². The molecule has 2 atom stereocenters. The van der Waals surface area contributed by atoms with Crippen LogP contribution in [0.15, 0.2) is 18.2 Å². The monoisotopic (exact) mass is 358 g/mol. The van der Waals surface area contributed by atoms with Crippen molar-refractivity contribution in [3.8, 4) is 0 Å². The van der Waals surface area contributed by atoms with E-state index in [4.69, 9.17) is 23.2 Å². The molecule has 1 aromatic carbocycles. The molecule has 1 heterocycles. The molecule has 1 saturated heterocycles. The summed E-state index contributed by atoms with van der Waals surface area (Å²) in [6.07, 6.45) is 0.460. The Bertz CT molecular complexity index is 603. The minimum absolute atomic E-state index is 0.0476. The van der Waals surface area contributed by atoms with E-state index in [1.165, 1.54) is 4.90 Å². The van der Waals surface area contributed by atoms with Gasteiger partial charge in [-0.05, 0) is 31.0 Å². The molecule has 1 aliphatic heterocycles. The van der Waals surface area contributed by atoms with Gasteiger partial charge in [0, 0.05) is 35.6 Å². The number of hydrogen-bond acceptors (Lipinski definition) is 2. The molecule has 7 heteroatoms. The number of aliphatic carboxylic acids is 1. The summed E-state index contributed by atoms with van der Waals surface area (Å²) in [7, 11) is 0. The highest BCUT2D eigenvalue weighted by Gasteiger charge is 2.42. The zero-order chi connectivity index (χ0) is 17.2. The van der Waals surface area contributed by atoms with E-state index in [0.29, 0.717) is 29.6 Å². The van der Waals surface area contributed by atoms with Crippen LogP contribution in [0.1, 0.15) is 31.7 Å². The molecule has 5 nitrogen and oxygen atoms in total. The van der Waals surface area contributed by atoms with E-state index < -0.39 is 11.4 Å². The third kappa shape index (κ3) is 3.90. The average Bonchev–Trinajstić information content (AvgIpc) is 2.88. The van der Waals surface area contributed by atoms with Gasteiger partial charge >= 0.3 is 12.0 Å². The van der Waals surface area contributed by atoms with Gasteiger partial charge in [-0.25, -0.2) is 4.79 Å². The number of hydrogen-bond donors (Lipinski definition) is 2. The molecule has 0 saturated carbocycles. The highest BCUT2D eigenvalue weighted by molar-refractivity contribution is 6.36. The Balaban J connectivity index is 1.94. The molecule has 0 radical (unpaired) electrons. The lowest BCUT2D eigenvalue weighted by atomic mass is 9.90. The number of benzene rings is 1. The van der Waals surface area contributed by atoms with Crippen molar-refractivity contribution in [2.24, 2.45) is 5.41 Å². The van der Waals surface area contributed by atoms with Gasteiger partial charge in [0.2, 0.25) is 0 Å². The maximum absolute atomic E-state index is 12.2. The number of likely N-dealkylation sites (tertiary alicyclic amines) is 1. The van der Waals surface area contributed by atoms with Crippen LogP contribution in [0.3, 0.4) is 0 Å². The second kappa shape index (κ2) is 6.97. The SMILES string of the molecule is CC(CNC(=O)N1CCC(C)(C(=O)O)C1)c1c(Cl)cccc1Cl. The lowest BCUT2D eigenvalue weighted by molar-refractivity contribution is -0.146. The Labute approximate surface area is 145 Å². The van der Waals surface area contributed by atoms with Crippen LogP contribution in [0.5, 0.6) is 0 Å². The van der Waals surface area contributed by atoms with Crippen LogP contribution in [0.25, 0.3) is 0 Å². The smallest absolute Gasteiger partial charge is 0.317 e. The van der Waals surface area contributed by atoms with E-state index in [0.717, 1.165) is 5.56 Å². The highest BCUT2D eigenvalue weighted by atomic mass is 35.5. The van der Waals surface area contributed by atoms with Gasteiger partial charge in [0.25, 0.3) is 0 Å². The largest absolute Gasteiger partial charge is 0.481 e. The molecule has 0 aliphatic carbocycles. The lowest BCUT2D eigenvalue weighted by Gasteiger charge is -2.22. The highest BCUT2D eigenvalue weighted by Crippen LogP contribution is 2.32. The van der Waals surface area contributed by atoms with E-state index in [-0.39, 0.29) is 18.5 Å². The Morgan fingerprint density at radius 1 is 1.39 bits per heavy atom. The van der Waals surface area contributed by atoms with Gasteiger partial charge in [-0.2, -0.15) is 0 Å². The Morgan fingerprint density at radius 2 is 2.00 bits per heavy atom. The molecule has 2 unspecified atom stereocenters. The van der Waals surface area contributed by atoms with Gasteiger partial charge in [-0.1, -0.05) is 36.2 Å². The number of amides is 2. The second-order valence-corrected chi connectivity index (χ2v) is 7.07. The fourth-order valence-corrected chi connectivity index (χ4v) is 3.51. The lowest BCUT2D eigenvalue weighted by Crippen LogP contribution is -2.42. The van der Waals surface area contributed by atoms with Crippen molar-refractivity contribution >= 4 is 35.2 Å². The summed E-state index contributed by atoms with van der Waals surface area (Å²) >= 11 is 12.3. The molecule has 0 aromatic heterocycles. The fourth-order valence-electron chi connectivity index (χ4n) is 2.74. The predicted molar refractivity (Wildman–Crippen MR) is 90.2 cm³/mol. The molecule has 0 spiro atoms. The first-order chi connectivity index (χ1) is 10.7. The number of nitrogens with one attached hydrogen (secondary N) is 1. The summed E-state index contributed by atoms with van der Waals surface area (Å²) in [5.74, 6) is -0.919. The van der Waals surface area contributed by atoms with E-state index in [1.807, 2.05) is 6.92 Å². The third-order valence-electron chi connectivity index (χ3n) is 4.33. The van der Waals surface area contributed by atoms with E-state index >= 15 is 0 Å². The maximum Gasteiger partial charge on any atom is 0.317 e. The Morgan fingerprint density at radius 3 is 2.52 bits per heavy atom. The van der Waals surface area contributed by atoms with Crippen molar-refractivity contribution in [3.63, 3.8) is 0 Å². The topological polar surface area (TPSA) is 69.6 Å². The van der Waals surface area contributed by atoms with E-state index in [1.54, 1.807) is 25.1 Å². The number of carboxylic acid groups (broad SMARTS) is 1. The van der Waals surface area contributed by atoms with Crippen molar-refractivity contribution in [1.82, 2.24) is 10.2 Å². The van der Waals surface area contributed by atoms with E-state index in [2.05, 4.69) is 5.32 Å². The first kappa shape index (κ1) is 17.9. The normalized spacial score (nSPS) is 22.0. The summed E-state index contributed by atoms with van der Waals surface area (Å²) in [5.41, 5.74) is -0.0671. The van der Waals surface area contributed by atoms with Gasteiger partial charge in [-0.15, -0.1) is 0 Å². The first-order valence-electron chi connectivity index (χ1n) is 7.44. The fraction of sp³-hybridized carbons (Fsp3) is 0.500. The number of nitrogens with zero attached hydrogens (tertiary/aromatic N) is 1. The molecule has 1 aromatic rings. The molecule has 23 heavy (non-hydrogen) atoms. The van der Waals surface area contributed by atoms with Gasteiger partial charge in [0.1, 0.15) is 0 Å². The molecule has 0 bridgehead atoms. The van der Waals surface area contributed by atoms with Gasteiger partial charge in [-0.3, -0.25) is 4.79 Å². The van der Waals surface area contributed by atoms with Crippen LogP contribution in [0.4, 0.5) is 4.79 Å².